The van der Waals surface area contributed by atoms with E-state index in [-0.39, 0.29) is 12.5 Å². The van der Waals surface area contributed by atoms with Gasteiger partial charge in [-0.2, -0.15) is 0 Å². The van der Waals surface area contributed by atoms with E-state index < -0.39 is 12.7 Å². The van der Waals surface area contributed by atoms with Crippen molar-refractivity contribution in [2.24, 2.45) is 0 Å². The Morgan fingerprint density at radius 1 is 1.44 bits per heavy atom. The van der Waals surface area contributed by atoms with Gasteiger partial charge in [-0.25, -0.2) is 0 Å². The molecule has 0 aromatic heterocycles. The summed E-state index contributed by atoms with van der Waals surface area (Å²) in [6.07, 6.45) is 1.87. The van der Waals surface area contributed by atoms with Gasteiger partial charge < -0.3 is 15.5 Å². The van der Waals surface area contributed by atoms with Crippen LogP contribution in [0.15, 0.2) is 24.3 Å². The fraction of sp³-hybridized carbons (Fsp3) is 0.250. The van der Waals surface area contributed by atoms with Gasteiger partial charge in [0.25, 0.3) is 0 Å². The van der Waals surface area contributed by atoms with E-state index >= 15 is 0 Å². The first-order valence-corrected chi connectivity index (χ1v) is 5.98. The van der Waals surface area contributed by atoms with Crippen molar-refractivity contribution in [2.45, 2.75) is 6.10 Å². The Morgan fingerprint density at radius 2 is 2.17 bits per heavy atom. The number of carbonyl (C=O) groups excluding carboxylic acids is 1. The molecule has 18 heavy (non-hydrogen) atoms. The lowest BCUT2D eigenvalue weighted by atomic mass is 10.2. The van der Waals surface area contributed by atoms with Crippen molar-refractivity contribution in [1.29, 1.82) is 0 Å². The van der Waals surface area contributed by atoms with Crippen molar-refractivity contribution < 1.29 is 15.0 Å². The van der Waals surface area contributed by atoms with Gasteiger partial charge in [0.1, 0.15) is 0 Å². The van der Waals surface area contributed by atoms with Gasteiger partial charge in [0, 0.05) is 22.7 Å². The zero-order chi connectivity index (χ0) is 13.5. The van der Waals surface area contributed by atoms with Gasteiger partial charge in [0.05, 0.1) is 12.7 Å². The molecule has 0 saturated carbocycles. The Hall–Kier alpha value is -1.07. The number of carbonyl (C=O) groups is 1. The lowest BCUT2D eigenvalue weighted by Gasteiger charge is -2.06. The number of rotatable bonds is 5. The van der Waals surface area contributed by atoms with Crippen LogP contribution in [0.2, 0.25) is 10.0 Å². The van der Waals surface area contributed by atoms with Gasteiger partial charge in [-0.15, -0.1) is 0 Å². The number of benzene rings is 1. The number of hydrogen-bond donors (Lipinski definition) is 3. The normalized spacial score (nSPS) is 12.7. The highest BCUT2D eigenvalue weighted by Crippen LogP contribution is 2.21. The molecule has 0 saturated heterocycles. The fourth-order valence-electron chi connectivity index (χ4n) is 1.14. The maximum absolute atomic E-state index is 11.4. The van der Waals surface area contributed by atoms with Gasteiger partial charge >= 0.3 is 0 Å². The number of nitrogens with one attached hydrogen (secondary N) is 1. The molecule has 3 N–H and O–H groups in total. The molecular formula is C12H13Cl2NO3. The minimum atomic E-state index is -0.957. The molecule has 4 nitrogen and oxygen atoms in total. The van der Waals surface area contributed by atoms with Crippen molar-refractivity contribution in [3.8, 4) is 0 Å². The summed E-state index contributed by atoms with van der Waals surface area (Å²) < 4.78 is 0. The molecule has 0 fully saturated rings. The van der Waals surface area contributed by atoms with Crippen LogP contribution in [0.25, 0.3) is 6.08 Å². The van der Waals surface area contributed by atoms with E-state index in [2.05, 4.69) is 5.32 Å². The summed E-state index contributed by atoms with van der Waals surface area (Å²) in [6, 6.07) is 4.94. The first-order valence-electron chi connectivity index (χ1n) is 5.23. The van der Waals surface area contributed by atoms with Crippen LogP contribution in [0.4, 0.5) is 0 Å². The van der Waals surface area contributed by atoms with Gasteiger partial charge in [0.15, 0.2) is 0 Å². The second-order valence-electron chi connectivity index (χ2n) is 3.58. The molecule has 6 heteroatoms. The highest BCUT2D eigenvalue weighted by atomic mass is 35.5. The molecule has 0 aliphatic heterocycles. The molecule has 0 spiro atoms. The maximum Gasteiger partial charge on any atom is 0.244 e. The number of amides is 1. The highest BCUT2D eigenvalue weighted by Gasteiger charge is 2.03. The van der Waals surface area contributed by atoms with Crippen LogP contribution in [-0.2, 0) is 4.79 Å². The predicted molar refractivity (Wildman–Crippen MR) is 71.6 cm³/mol. The molecule has 0 aliphatic carbocycles. The van der Waals surface area contributed by atoms with Gasteiger partial charge in [-0.05, 0) is 23.8 Å². The number of aliphatic hydroxyl groups is 2. The van der Waals surface area contributed by atoms with Crippen LogP contribution in [0.5, 0.6) is 0 Å². The topological polar surface area (TPSA) is 69.6 Å². The number of halogens is 2. The third-order valence-electron chi connectivity index (χ3n) is 2.10. The van der Waals surface area contributed by atoms with Gasteiger partial charge in [-0.1, -0.05) is 29.3 Å². The Balaban J connectivity index is 2.55. The maximum atomic E-state index is 11.4. The monoisotopic (exact) mass is 289 g/mol. The summed E-state index contributed by atoms with van der Waals surface area (Å²) in [5.74, 6) is -0.381. The predicted octanol–water partition coefficient (Wildman–Crippen LogP) is 1.48. The fourth-order valence-corrected chi connectivity index (χ4v) is 1.62. The standard InChI is InChI=1S/C12H13Cl2NO3/c13-9-3-1-8(11(14)5-9)2-4-12(18)15-6-10(17)7-16/h1-5,10,16-17H,6-7H2,(H,15,18). The molecular weight excluding hydrogens is 277 g/mol. The highest BCUT2D eigenvalue weighted by molar-refractivity contribution is 6.35. The molecule has 1 rings (SSSR count). The minimum Gasteiger partial charge on any atom is -0.394 e. The summed E-state index contributed by atoms with van der Waals surface area (Å²) in [7, 11) is 0. The summed E-state index contributed by atoms with van der Waals surface area (Å²) in [6.45, 7) is -0.402. The summed E-state index contributed by atoms with van der Waals surface area (Å²) >= 11 is 11.7. The molecule has 1 aromatic carbocycles. The van der Waals surface area contributed by atoms with Crippen molar-refractivity contribution >= 4 is 35.2 Å². The molecule has 1 unspecified atom stereocenters. The van der Waals surface area contributed by atoms with Crippen molar-refractivity contribution in [2.75, 3.05) is 13.2 Å². The molecule has 1 atom stereocenters. The first kappa shape index (κ1) is 15.0. The smallest absolute Gasteiger partial charge is 0.244 e. The van der Waals surface area contributed by atoms with Crippen LogP contribution in [-0.4, -0.2) is 35.4 Å². The van der Waals surface area contributed by atoms with Crippen LogP contribution < -0.4 is 5.32 Å². The lowest BCUT2D eigenvalue weighted by Crippen LogP contribution is -2.32. The van der Waals surface area contributed by atoms with Crippen LogP contribution in [0.3, 0.4) is 0 Å². The zero-order valence-electron chi connectivity index (χ0n) is 9.44. The Kier molecular flexibility index (Phi) is 6.15. The van der Waals surface area contributed by atoms with E-state index in [0.29, 0.717) is 15.6 Å². The van der Waals surface area contributed by atoms with E-state index in [1.807, 2.05) is 0 Å². The lowest BCUT2D eigenvalue weighted by molar-refractivity contribution is -0.117. The second-order valence-corrected chi connectivity index (χ2v) is 4.42. The SMILES string of the molecule is O=C(C=Cc1ccc(Cl)cc1Cl)NCC(O)CO. The van der Waals surface area contributed by atoms with Crippen molar-refractivity contribution in [3.63, 3.8) is 0 Å². The van der Waals surface area contributed by atoms with E-state index in [9.17, 15) is 4.79 Å². The van der Waals surface area contributed by atoms with E-state index in [1.54, 1.807) is 24.3 Å². The van der Waals surface area contributed by atoms with Gasteiger partial charge in [0.2, 0.25) is 5.91 Å². The molecule has 0 radical (unpaired) electrons. The van der Waals surface area contributed by atoms with Crippen LogP contribution in [0.1, 0.15) is 5.56 Å². The van der Waals surface area contributed by atoms with Crippen LogP contribution in [0, 0.1) is 0 Å². The average Bonchev–Trinajstić information content (AvgIpc) is 2.34. The Bertz CT molecular complexity index is 449. The minimum absolute atomic E-state index is 0.00593. The van der Waals surface area contributed by atoms with E-state index in [1.165, 1.54) is 6.08 Å². The Morgan fingerprint density at radius 3 is 2.78 bits per heavy atom. The quantitative estimate of drug-likeness (QED) is 0.719. The second kappa shape index (κ2) is 7.38. The third-order valence-corrected chi connectivity index (χ3v) is 2.66. The van der Waals surface area contributed by atoms with Crippen molar-refractivity contribution in [3.05, 3.63) is 39.9 Å². The molecule has 1 aromatic rings. The van der Waals surface area contributed by atoms with E-state index in [0.717, 1.165) is 0 Å². The number of aliphatic hydroxyl groups excluding tert-OH is 2. The summed E-state index contributed by atoms with van der Waals surface area (Å²) in [5, 5.41) is 21.0. The summed E-state index contributed by atoms with van der Waals surface area (Å²) in [4.78, 5) is 11.4. The van der Waals surface area contributed by atoms with Crippen molar-refractivity contribution in [1.82, 2.24) is 5.32 Å². The molecule has 98 valence electrons. The molecule has 0 aliphatic rings. The summed E-state index contributed by atoms with van der Waals surface area (Å²) in [5.41, 5.74) is 0.666. The number of hydrogen-bond acceptors (Lipinski definition) is 3. The van der Waals surface area contributed by atoms with E-state index in [4.69, 9.17) is 33.4 Å². The molecule has 0 bridgehead atoms. The molecule has 1 amide bonds. The van der Waals surface area contributed by atoms with Gasteiger partial charge in [-0.3, -0.25) is 4.79 Å². The zero-order valence-corrected chi connectivity index (χ0v) is 10.9. The molecule has 0 heterocycles. The third kappa shape index (κ3) is 5.06. The largest absolute Gasteiger partial charge is 0.394 e. The first-order chi connectivity index (χ1) is 8.52. The Labute approximate surface area is 115 Å². The van der Waals surface area contributed by atoms with Crippen LogP contribution >= 0.6 is 23.2 Å². The average molecular weight is 290 g/mol.